The third-order valence-corrected chi connectivity index (χ3v) is 3.89. The summed E-state index contributed by atoms with van der Waals surface area (Å²) in [7, 11) is 0. The number of nitrogens with one attached hydrogen (secondary N) is 2. The standard InChI is InChI=1S/C19H21ClN2O4/c1-12-7-8-16(9-13(12)2)25-11-18(23)21-22-19(24)14(3)26-17-6-4-5-15(20)10-17/h4-10,14H,11H2,1-3H3,(H,21,23)(H,22,24). The normalized spacial score (nSPS) is 11.4. The maximum absolute atomic E-state index is 12.0. The van der Waals surface area contributed by atoms with E-state index >= 15 is 0 Å². The van der Waals surface area contributed by atoms with Crippen molar-refractivity contribution in [1.82, 2.24) is 10.9 Å². The highest BCUT2D eigenvalue weighted by Crippen LogP contribution is 2.18. The van der Waals surface area contributed by atoms with Crippen LogP contribution in [0.25, 0.3) is 0 Å². The molecule has 6 nitrogen and oxygen atoms in total. The summed E-state index contributed by atoms with van der Waals surface area (Å²) in [6.45, 7) is 5.30. The second-order valence-corrected chi connectivity index (χ2v) is 6.23. The van der Waals surface area contributed by atoms with Gasteiger partial charge in [-0.05, 0) is 62.2 Å². The van der Waals surface area contributed by atoms with Crippen LogP contribution in [-0.2, 0) is 9.59 Å². The minimum atomic E-state index is -0.811. The minimum Gasteiger partial charge on any atom is -0.484 e. The van der Waals surface area contributed by atoms with Crippen LogP contribution < -0.4 is 20.3 Å². The lowest BCUT2D eigenvalue weighted by Gasteiger charge is -2.15. The van der Waals surface area contributed by atoms with Crippen molar-refractivity contribution in [1.29, 1.82) is 0 Å². The summed E-state index contributed by atoms with van der Waals surface area (Å²) in [4.78, 5) is 23.8. The van der Waals surface area contributed by atoms with Gasteiger partial charge in [0.2, 0.25) is 0 Å². The van der Waals surface area contributed by atoms with Gasteiger partial charge in [0.05, 0.1) is 0 Å². The molecule has 2 aromatic rings. The fraction of sp³-hybridized carbons (Fsp3) is 0.263. The summed E-state index contributed by atoms with van der Waals surface area (Å²) < 4.78 is 10.9. The SMILES string of the molecule is Cc1ccc(OCC(=O)NNC(=O)C(C)Oc2cccc(Cl)c2)cc1C. The zero-order chi connectivity index (χ0) is 19.1. The Balaban J connectivity index is 1.75. The van der Waals surface area contributed by atoms with E-state index in [1.54, 1.807) is 37.3 Å². The third kappa shape index (κ3) is 5.97. The van der Waals surface area contributed by atoms with Gasteiger partial charge >= 0.3 is 0 Å². The van der Waals surface area contributed by atoms with E-state index in [0.29, 0.717) is 16.5 Å². The van der Waals surface area contributed by atoms with Crippen LogP contribution in [0.1, 0.15) is 18.1 Å². The molecule has 2 aromatic carbocycles. The molecule has 26 heavy (non-hydrogen) atoms. The van der Waals surface area contributed by atoms with Gasteiger partial charge in [-0.2, -0.15) is 0 Å². The van der Waals surface area contributed by atoms with Crippen molar-refractivity contribution in [3.63, 3.8) is 0 Å². The first-order chi connectivity index (χ1) is 12.3. The number of aryl methyl sites for hydroxylation is 2. The average Bonchev–Trinajstić information content (AvgIpc) is 2.60. The van der Waals surface area contributed by atoms with Gasteiger partial charge in [-0.1, -0.05) is 23.7 Å². The molecule has 0 spiro atoms. The third-order valence-electron chi connectivity index (χ3n) is 3.65. The molecular weight excluding hydrogens is 356 g/mol. The predicted octanol–water partition coefficient (Wildman–Crippen LogP) is 2.95. The highest BCUT2D eigenvalue weighted by atomic mass is 35.5. The van der Waals surface area contributed by atoms with Gasteiger partial charge in [0.15, 0.2) is 12.7 Å². The van der Waals surface area contributed by atoms with E-state index in [9.17, 15) is 9.59 Å². The Kier molecular flexibility index (Phi) is 6.86. The molecule has 7 heteroatoms. The molecule has 1 atom stereocenters. The summed E-state index contributed by atoms with van der Waals surface area (Å²) in [5, 5.41) is 0.506. The van der Waals surface area contributed by atoms with Crippen molar-refractivity contribution in [3.8, 4) is 11.5 Å². The van der Waals surface area contributed by atoms with Crippen LogP contribution in [0.3, 0.4) is 0 Å². The lowest BCUT2D eigenvalue weighted by molar-refractivity contribution is -0.133. The first-order valence-corrected chi connectivity index (χ1v) is 8.44. The van der Waals surface area contributed by atoms with Crippen LogP contribution in [0, 0.1) is 13.8 Å². The van der Waals surface area contributed by atoms with Crippen molar-refractivity contribution in [2.24, 2.45) is 0 Å². The molecule has 0 heterocycles. The van der Waals surface area contributed by atoms with Crippen LogP contribution in [0.2, 0.25) is 5.02 Å². The largest absolute Gasteiger partial charge is 0.484 e. The number of ether oxygens (including phenoxy) is 2. The number of carbonyl (C=O) groups is 2. The molecule has 0 saturated heterocycles. The Morgan fingerprint density at radius 1 is 1.04 bits per heavy atom. The lowest BCUT2D eigenvalue weighted by atomic mass is 10.1. The number of rotatable bonds is 6. The van der Waals surface area contributed by atoms with Gasteiger partial charge in [-0.25, -0.2) is 0 Å². The maximum atomic E-state index is 12.0. The monoisotopic (exact) mass is 376 g/mol. The van der Waals surface area contributed by atoms with Crippen LogP contribution in [-0.4, -0.2) is 24.5 Å². The topological polar surface area (TPSA) is 76.7 Å². The number of amides is 2. The number of hydrogen-bond acceptors (Lipinski definition) is 4. The molecule has 0 radical (unpaired) electrons. The lowest BCUT2D eigenvalue weighted by Crippen LogP contribution is -2.48. The highest BCUT2D eigenvalue weighted by molar-refractivity contribution is 6.30. The Morgan fingerprint density at radius 2 is 1.81 bits per heavy atom. The summed E-state index contributed by atoms with van der Waals surface area (Å²) in [5.74, 6) is 0.0767. The van der Waals surface area contributed by atoms with Crippen molar-refractivity contribution in [2.45, 2.75) is 26.9 Å². The molecule has 2 N–H and O–H groups in total. The summed E-state index contributed by atoms with van der Waals surface area (Å²) in [5.41, 5.74) is 6.80. The smallest absolute Gasteiger partial charge is 0.279 e. The van der Waals surface area contributed by atoms with Crippen molar-refractivity contribution in [3.05, 3.63) is 58.6 Å². The van der Waals surface area contributed by atoms with Gasteiger partial charge in [0.1, 0.15) is 11.5 Å². The fourth-order valence-corrected chi connectivity index (χ4v) is 2.20. The molecule has 2 rings (SSSR count). The van der Waals surface area contributed by atoms with Crippen LogP contribution in [0.4, 0.5) is 0 Å². The first kappa shape index (κ1) is 19.6. The molecule has 0 bridgehead atoms. The number of halogens is 1. The number of hydrogen-bond donors (Lipinski definition) is 2. The van der Waals surface area contributed by atoms with Gasteiger partial charge < -0.3 is 9.47 Å². The Labute approximate surface area is 157 Å². The fourth-order valence-electron chi connectivity index (χ4n) is 2.02. The second-order valence-electron chi connectivity index (χ2n) is 5.79. The highest BCUT2D eigenvalue weighted by Gasteiger charge is 2.15. The zero-order valence-electron chi connectivity index (χ0n) is 14.8. The van der Waals surface area contributed by atoms with Crippen LogP contribution in [0.15, 0.2) is 42.5 Å². The Bertz CT molecular complexity index is 795. The minimum absolute atomic E-state index is 0.216. The van der Waals surface area contributed by atoms with Crippen molar-refractivity contribution < 1.29 is 19.1 Å². The van der Waals surface area contributed by atoms with E-state index < -0.39 is 17.9 Å². The molecule has 0 saturated carbocycles. The van der Waals surface area contributed by atoms with Crippen molar-refractivity contribution >= 4 is 23.4 Å². The molecule has 0 aliphatic rings. The second kappa shape index (κ2) is 9.10. The van der Waals surface area contributed by atoms with Crippen LogP contribution in [0.5, 0.6) is 11.5 Å². The average molecular weight is 377 g/mol. The Morgan fingerprint density at radius 3 is 2.50 bits per heavy atom. The van der Waals surface area contributed by atoms with E-state index in [0.717, 1.165) is 11.1 Å². The molecule has 138 valence electrons. The van der Waals surface area contributed by atoms with Gasteiger partial charge in [-0.3, -0.25) is 20.4 Å². The molecule has 1 unspecified atom stereocenters. The molecule has 0 aliphatic heterocycles. The van der Waals surface area contributed by atoms with Crippen molar-refractivity contribution in [2.75, 3.05) is 6.61 Å². The van der Waals surface area contributed by atoms with Crippen LogP contribution >= 0.6 is 11.6 Å². The quantitative estimate of drug-likeness (QED) is 0.760. The molecular formula is C19H21ClN2O4. The zero-order valence-corrected chi connectivity index (χ0v) is 15.6. The first-order valence-electron chi connectivity index (χ1n) is 8.06. The van der Waals surface area contributed by atoms with E-state index in [2.05, 4.69) is 10.9 Å². The van der Waals surface area contributed by atoms with Gasteiger partial charge in [-0.15, -0.1) is 0 Å². The molecule has 0 fully saturated rings. The predicted molar refractivity (Wildman–Crippen MR) is 99.2 cm³/mol. The summed E-state index contributed by atoms with van der Waals surface area (Å²) >= 11 is 5.86. The number of carbonyl (C=O) groups excluding carboxylic acids is 2. The maximum Gasteiger partial charge on any atom is 0.279 e. The van der Waals surface area contributed by atoms with E-state index in [1.807, 2.05) is 26.0 Å². The Hall–Kier alpha value is -2.73. The number of hydrazine groups is 1. The number of benzene rings is 2. The van der Waals surface area contributed by atoms with Gasteiger partial charge in [0.25, 0.3) is 11.8 Å². The van der Waals surface area contributed by atoms with E-state index in [4.69, 9.17) is 21.1 Å². The summed E-state index contributed by atoms with van der Waals surface area (Å²) in [6, 6.07) is 12.3. The molecule has 0 aliphatic carbocycles. The van der Waals surface area contributed by atoms with Gasteiger partial charge in [0, 0.05) is 5.02 Å². The van der Waals surface area contributed by atoms with E-state index in [1.165, 1.54) is 0 Å². The van der Waals surface area contributed by atoms with E-state index in [-0.39, 0.29) is 6.61 Å². The molecule has 0 aromatic heterocycles. The molecule has 2 amide bonds. The summed E-state index contributed by atoms with van der Waals surface area (Å²) in [6.07, 6.45) is -0.811.